The van der Waals surface area contributed by atoms with Crippen molar-refractivity contribution in [3.63, 3.8) is 0 Å². The van der Waals surface area contributed by atoms with Gasteiger partial charge in [0.2, 0.25) is 0 Å². The topological polar surface area (TPSA) is 135 Å². The first-order valence-corrected chi connectivity index (χ1v) is 14.9. The largest absolute Gasteiger partial charge is 0.481 e. The second kappa shape index (κ2) is 12.3. The Labute approximate surface area is 243 Å². The van der Waals surface area contributed by atoms with E-state index in [9.17, 15) is 12.8 Å². The quantitative estimate of drug-likeness (QED) is 0.363. The van der Waals surface area contributed by atoms with Crippen LogP contribution in [0.15, 0.2) is 76.7 Å². The molecule has 3 aromatic carbocycles. The van der Waals surface area contributed by atoms with Gasteiger partial charge in [-0.05, 0) is 53.8 Å². The van der Waals surface area contributed by atoms with E-state index in [2.05, 4.69) is 0 Å². The molecule has 41 heavy (non-hydrogen) atoms. The van der Waals surface area contributed by atoms with Crippen LogP contribution in [0.25, 0.3) is 11.1 Å². The van der Waals surface area contributed by atoms with Crippen molar-refractivity contribution >= 4 is 39.5 Å². The Morgan fingerprint density at radius 3 is 2.51 bits per heavy atom. The van der Waals surface area contributed by atoms with E-state index in [0.717, 1.165) is 24.5 Å². The minimum atomic E-state index is -3.68. The Hall–Kier alpha value is -3.96. The molecule has 12 heteroatoms. The van der Waals surface area contributed by atoms with Crippen molar-refractivity contribution in [3.8, 4) is 16.9 Å². The summed E-state index contributed by atoms with van der Waals surface area (Å²) in [5, 5.41) is 7.46. The molecule has 1 unspecified atom stereocenters. The fourth-order valence-corrected chi connectivity index (χ4v) is 5.96. The third kappa shape index (κ3) is 6.36. The SMILES string of the molecule is CC(=O)O.CCCS(=O)(=O)Oc1ccc(C2(c3cccc(-c4cccc(Cl)c4F)c3)N=C(N)N3CCCN=C32)cc1. The van der Waals surface area contributed by atoms with Crippen LogP contribution in [0.5, 0.6) is 5.75 Å². The van der Waals surface area contributed by atoms with Gasteiger partial charge in [-0.3, -0.25) is 14.7 Å². The van der Waals surface area contributed by atoms with Crippen LogP contribution in [0.1, 0.15) is 37.8 Å². The molecule has 0 spiro atoms. The van der Waals surface area contributed by atoms with Gasteiger partial charge in [-0.2, -0.15) is 8.42 Å². The van der Waals surface area contributed by atoms with Crippen molar-refractivity contribution in [2.75, 3.05) is 18.8 Å². The Kier molecular flexibility index (Phi) is 8.98. The highest BCUT2D eigenvalue weighted by molar-refractivity contribution is 7.87. The zero-order chi connectivity index (χ0) is 29.8. The Morgan fingerprint density at radius 1 is 1.15 bits per heavy atom. The van der Waals surface area contributed by atoms with Crippen molar-refractivity contribution in [1.82, 2.24) is 4.90 Å². The number of benzene rings is 3. The van der Waals surface area contributed by atoms with E-state index in [4.69, 9.17) is 41.4 Å². The zero-order valence-electron chi connectivity index (χ0n) is 22.5. The first kappa shape index (κ1) is 30.0. The molecule has 9 nitrogen and oxygen atoms in total. The average Bonchev–Trinajstić information content (AvgIpc) is 3.23. The molecule has 2 aliphatic rings. The van der Waals surface area contributed by atoms with Gasteiger partial charge in [0.1, 0.15) is 17.4 Å². The fourth-order valence-electron chi connectivity index (χ4n) is 4.80. The van der Waals surface area contributed by atoms with Crippen LogP contribution >= 0.6 is 11.6 Å². The molecule has 216 valence electrons. The Morgan fingerprint density at radius 2 is 1.83 bits per heavy atom. The number of carbonyl (C=O) groups is 1. The van der Waals surface area contributed by atoms with E-state index >= 15 is 0 Å². The van der Waals surface area contributed by atoms with E-state index in [-0.39, 0.29) is 16.5 Å². The van der Waals surface area contributed by atoms with Gasteiger partial charge in [-0.1, -0.05) is 61.0 Å². The molecule has 1 atom stereocenters. The second-order valence-corrected chi connectivity index (χ2v) is 11.6. The van der Waals surface area contributed by atoms with Crippen LogP contribution in [-0.4, -0.2) is 55.0 Å². The minimum Gasteiger partial charge on any atom is -0.481 e. The van der Waals surface area contributed by atoms with E-state index in [1.807, 2.05) is 29.2 Å². The van der Waals surface area contributed by atoms with Crippen LogP contribution in [-0.2, 0) is 20.5 Å². The molecule has 3 aromatic rings. The van der Waals surface area contributed by atoms with Crippen LogP contribution in [0.2, 0.25) is 5.02 Å². The predicted molar refractivity (Wildman–Crippen MR) is 157 cm³/mol. The van der Waals surface area contributed by atoms with Crippen molar-refractivity contribution in [2.45, 2.75) is 32.2 Å². The summed E-state index contributed by atoms with van der Waals surface area (Å²) in [7, 11) is -3.68. The van der Waals surface area contributed by atoms with Crippen molar-refractivity contribution < 1.29 is 26.9 Å². The van der Waals surface area contributed by atoms with Gasteiger partial charge >= 0.3 is 10.1 Å². The molecule has 0 aromatic heterocycles. The summed E-state index contributed by atoms with van der Waals surface area (Å²) in [6.07, 6.45) is 1.29. The van der Waals surface area contributed by atoms with Crippen molar-refractivity contribution in [1.29, 1.82) is 0 Å². The van der Waals surface area contributed by atoms with Gasteiger partial charge < -0.3 is 15.0 Å². The smallest absolute Gasteiger partial charge is 0.309 e. The van der Waals surface area contributed by atoms with E-state index in [1.54, 1.807) is 43.3 Å². The molecule has 0 radical (unpaired) electrons. The molecule has 5 rings (SSSR count). The Balaban J connectivity index is 0.000000909. The number of nitrogens with two attached hydrogens (primary N) is 1. The highest BCUT2D eigenvalue weighted by atomic mass is 35.5. The third-order valence-electron chi connectivity index (χ3n) is 6.43. The number of carboxylic acids is 1. The molecule has 3 N–H and O–H groups in total. The number of guanidine groups is 1. The number of amidine groups is 1. The first-order chi connectivity index (χ1) is 19.5. The lowest BCUT2D eigenvalue weighted by Gasteiger charge is -2.33. The monoisotopic (exact) mass is 600 g/mol. The fraction of sp³-hybridized carbons (Fsp3) is 0.276. The van der Waals surface area contributed by atoms with Crippen LogP contribution in [0.4, 0.5) is 4.39 Å². The maximum absolute atomic E-state index is 14.9. The molecule has 0 saturated carbocycles. The number of hydrogen-bond acceptors (Lipinski definition) is 8. The number of aliphatic carboxylic acids is 1. The molecule has 0 saturated heterocycles. The maximum Gasteiger partial charge on any atom is 0.309 e. The number of aliphatic imine (C=N–C) groups is 2. The summed E-state index contributed by atoms with van der Waals surface area (Å²) < 4.78 is 44.5. The number of halogens is 2. The number of fused-ring (bicyclic) bond motifs is 1. The average molecular weight is 601 g/mol. The van der Waals surface area contributed by atoms with Gasteiger partial charge in [0.05, 0.1) is 10.8 Å². The van der Waals surface area contributed by atoms with Crippen LogP contribution in [0, 0.1) is 5.82 Å². The van der Waals surface area contributed by atoms with E-state index < -0.39 is 27.4 Å². The number of nitrogens with zero attached hydrogens (tertiary/aromatic N) is 3. The predicted octanol–water partition coefficient (Wildman–Crippen LogP) is 5.03. The highest BCUT2D eigenvalue weighted by Gasteiger charge is 2.49. The summed E-state index contributed by atoms with van der Waals surface area (Å²) in [4.78, 5) is 20.6. The summed E-state index contributed by atoms with van der Waals surface area (Å²) in [5.74, 6) is -0.190. The third-order valence-corrected chi connectivity index (χ3v) is 8.08. The highest BCUT2D eigenvalue weighted by Crippen LogP contribution is 2.43. The van der Waals surface area contributed by atoms with E-state index in [1.165, 1.54) is 6.07 Å². The van der Waals surface area contributed by atoms with Crippen molar-refractivity contribution in [3.05, 3.63) is 88.7 Å². The normalized spacial score (nSPS) is 18.0. The first-order valence-electron chi connectivity index (χ1n) is 12.9. The summed E-state index contributed by atoms with van der Waals surface area (Å²) in [5.41, 5.74) is 7.75. The number of rotatable bonds is 7. The molecule has 2 aliphatic heterocycles. The maximum atomic E-state index is 14.9. The standard InChI is InChI=1S/C27H26ClFN4O3S.C2H4O2/c1-2-16-37(34,35)36-21-12-10-19(11-13-21)27(25-31-14-5-15-33(25)26(30)32-27)20-7-3-6-18(17-20)22-8-4-9-23(28)24(22)29;1-2(3)4/h3-4,6-13,17H,2,5,14-16H2,1H3,(H2,30,32);1H3,(H,3,4). The summed E-state index contributed by atoms with van der Waals surface area (Å²) in [6.45, 7) is 4.15. The van der Waals surface area contributed by atoms with Gasteiger partial charge in [0.25, 0.3) is 5.97 Å². The lowest BCUT2D eigenvalue weighted by atomic mass is 9.81. The second-order valence-electron chi connectivity index (χ2n) is 9.46. The molecule has 2 heterocycles. The lowest BCUT2D eigenvalue weighted by molar-refractivity contribution is -0.134. The minimum absolute atomic E-state index is 0.0391. The van der Waals surface area contributed by atoms with Gasteiger partial charge in [-0.25, -0.2) is 9.38 Å². The van der Waals surface area contributed by atoms with Gasteiger partial charge in [-0.15, -0.1) is 0 Å². The van der Waals surface area contributed by atoms with Gasteiger partial charge in [0, 0.05) is 25.6 Å². The Bertz CT molecular complexity index is 1610. The molecule has 0 amide bonds. The van der Waals surface area contributed by atoms with Gasteiger partial charge in [0.15, 0.2) is 11.5 Å². The lowest BCUT2D eigenvalue weighted by Crippen LogP contribution is -2.46. The summed E-state index contributed by atoms with van der Waals surface area (Å²) in [6, 6.07) is 19.0. The molecular formula is C29H30ClFN4O5S. The van der Waals surface area contributed by atoms with Crippen LogP contribution in [0.3, 0.4) is 0 Å². The summed E-state index contributed by atoms with van der Waals surface area (Å²) >= 11 is 6.05. The molecule has 0 fully saturated rings. The van der Waals surface area contributed by atoms with E-state index in [0.29, 0.717) is 42.4 Å². The molecule has 0 aliphatic carbocycles. The number of carboxylic acid groups (broad SMARTS) is 1. The number of hydrogen-bond donors (Lipinski definition) is 2. The van der Waals surface area contributed by atoms with Crippen molar-refractivity contribution in [2.24, 2.45) is 15.7 Å². The molecule has 0 bridgehead atoms. The zero-order valence-corrected chi connectivity index (χ0v) is 24.1. The van der Waals surface area contributed by atoms with Crippen LogP contribution < -0.4 is 9.92 Å². The molecular weight excluding hydrogens is 571 g/mol.